The Kier molecular flexibility index (Phi) is 2.07. The van der Waals surface area contributed by atoms with Crippen LogP contribution in [0.3, 0.4) is 0 Å². The molecular formula is C12H18O. The predicted molar refractivity (Wildman–Crippen MR) is 54.4 cm³/mol. The Morgan fingerprint density at radius 2 is 2.31 bits per heavy atom. The van der Waals surface area contributed by atoms with Crippen molar-refractivity contribution in [2.45, 2.75) is 39.2 Å². The van der Waals surface area contributed by atoms with E-state index in [0.717, 1.165) is 12.8 Å². The highest BCUT2D eigenvalue weighted by molar-refractivity contribution is 5.27. The monoisotopic (exact) mass is 178 g/mol. The summed E-state index contributed by atoms with van der Waals surface area (Å²) in [6.45, 7) is 4.41. The van der Waals surface area contributed by atoms with Crippen molar-refractivity contribution in [3.05, 3.63) is 23.8 Å². The molecule has 0 unspecified atom stereocenters. The van der Waals surface area contributed by atoms with E-state index < -0.39 is 0 Å². The number of hydrogen-bond donors (Lipinski definition) is 1. The van der Waals surface area contributed by atoms with Crippen LogP contribution in [0.25, 0.3) is 0 Å². The van der Waals surface area contributed by atoms with Crippen molar-refractivity contribution in [1.82, 2.24) is 0 Å². The molecule has 0 aromatic heterocycles. The molecule has 0 aliphatic heterocycles. The maximum atomic E-state index is 9.97. The van der Waals surface area contributed by atoms with E-state index in [1.54, 1.807) is 0 Å². The summed E-state index contributed by atoms with van der Waals surface area (Å²) in [5.74, 6) is 0.367. The molecule has 0 heterocycles. The van der Waals surface area contributed by atoms with Gasteiger partial charge in [-0.2, -0.15) is 0 Å². The molecule has 13 heavy (non-hydrogen) atoms. The van der Waals surface area contributed by atoms with Gasteiger partial charge in [-0.1, -0.05) is 30.7 Å². The van der Waals surface area contributed by atoms with Crippen molar-refractivity contribution in [1.29, 1.82) is 0 Å². The Morgan fingerprint density at radius 1 is 1.54 bits per heavy atom. The first-order valence-electron chi connectivity index (χ1n) is 5.17. The first-order valence-corrected chi connectivity index (χ1v) is 5.17. The van der Waals surface area contributed by atoms with Gasteiger partial charge in [0, 0.05) is 5.92 Å². The third-order valence-corrected chi connectivity index (χ3v) is 3.64. The molecule has 1 heteroatoms. The largest absolute Gasteiger partial charge is 0.392 e. The van der Waals surface area contributed by atoms with Gasteiger partial charge in [0.1, 0.15) is 0 Å². The molecule has 2 rings (SSSR count). The van der Waals surface area contributed by atoms with Gasteiger partial charge in [0.25, 0.3) is 0 Å². The van der Waals surface area contributed by atoms with E-state index in [2.05, 4.69) is 32.1 Å². The van der Waals surface area contributed by atoms with Crippen molar-refractivity contribution >= 4 is 0 Å². The summed E-state index contributed by atoms with van der Waals surface area (Å²) in [7, 11) is 0. The molecular weight excluding hydrogens is 160 g/mol. The van der Waals surface area contributed by atoms with Gasteiger partial charge in [-0.25, -0.2) is 0 Å². The average Bonchev–Trinajstić information content (AvgIpc) is 2.02. The van der Waals surface area contributed by atoms with Gasteiger partial charge in [-0.15, -0.1) is 0 Å². The van der Waals surface area contributed by atoms with Crippen LogP contribution in [-0.4, -0.2) is 11.2 Å². The van der Waals surface area contributed by atoms with E-state index in [4.69, 9.17) is 0 Å². The first kappa shape index (κ1) is 9.01. The number of fused-ring (bicyclic) bond motifs is 1. The van der Waals surface area contributed by atoms with Crippen LogP contribution in [0.5, 0.6) is 0 Å². The second-order valence-electron chi connectivity index (χ2n) is 4.71. The van der Waals surface area contributed by atoms with E-state index in [1.807, 2.05) is 0 Å². The summed E-state index contributed by atoms with van der Waals surface area (Å²) in [5.41, 5.74) is 1.56. The van der Waals surface area contributed by atoms with Gasteiger partial charge in [0.2, 0.25) is 0 Å². The third kappa shape index (κ3) is 1.35. The Balaban J connectivity index is 2.34. The van der Waals surface area contributed by atoms with Gasteiger partial charge >= 0.3 is 0 Å². The minimum atomic E-state index is -0.125. The standard InChI is InChI=1S/C12H18O/c1-9-5-3-7-12(2)8-4-6-10(13)11(9)12/h3,5,7,10-11,13H,4,6,8H2,1-2H3/t10-,11+,12-/m1/s1. The Hall–Kier alpha value is -0.560. The van der Waals surface area contributed by atoms with Gasteiger partial charge in [0.15, 0.2) is 0 Å². The van der Waals surface area contributed by atoms with Crippen LogP contribution < -0.4 is 0 Å². The molecule has 1 N–H and O–H groups in total. The fraction of sp³-hybridized carbons (Fsp3) is 0.667. The number of rotatable bonds is 0. The Bertz CT molecular complexity index is 264. The summed E-state index contributed by atoms with van der Waals surface area (Å²) >= 11 is 0. The number of aliphatic hydroxyl groups excluding tert-OH is 1. The van der Waals surface area contributed by atoms with Crippen LogP contribution in [0.1, 0.15) is 33.1 Å². The molecule has 0 aromatic carbocycles. The van der Waals surface area contributed by atoms with Crippen LogP contribution in [0.15, 0.2) is 23.8 Å². The summed E-state index contributed by atoms with van der Waals surface area (Å²) in [6, 6.07) is 0. The molecule has 0 aromatic rings. The Morgan fingerprint density at radius 3 is 3.00 bits per heavy atom. The molecule has 1 saturated carbocycles. The van der Waals surface area contributed by atoms with E-state index >= 15 is 0 Å². The number of hydrogen-bond acceptors (Lipinski definition) is 1. The lowest BCUT2D eigenvalue weighted by molar-refractivity contribution is 0.0250. The van der Waals surface area contributed by atoms with Gasteiger partial charge in [-0.3, -0.25) is 0 Å². The first-order chi connectivity index (χ1) is 6.13. The maximum absolute atomic E-state index is 9.97. The smallest absolute Gasteiger partial charge is 0.0613 e. The molecule has 2 aliphatic carbocycles. The van der Waals surface area contributed by atoms with E-state index in [0.29, 0.717) is 5.92 Å². The quantitative estimate of drug-likeness (QED) is 0.604. The molecule has 0 spiro atoms. The van der Waals surface area contributed by atoms with Crippen molar-refractivity contribution in [3.8, 4) is 0 Å². The topological polar surface area (TPSA) is 20.2 Å². The van der Waals surface area contributed by atoms with E-state index in [-0.39, 0.29) is 11.5 Å². The van der Waals surface area contributed by atoms with Crippen molar-refractivity contribution < 1.29 is 5.11 Å². The number of allylic oxidation sites excluding steroid dienone is 3. The predicted octanol–water partition coefficient (Wildman–Crippen LogP) is 2.67. The molecule has 72 valence electrons. The van der Waals surface area contributed by atoms with Gasteiger partial charge < -0.3 is 5.11 Å². The molecule has 0 radical (unpaired) electrons. The molecule has 0 saturated heterocycles. The minimum Gasteiger partial charge on any atom is -0.392 e. The SMILES string of the molecule is CC1=CC=C[C@]2(C)CCC[C@@H](O)[C@H]12. The van der Waals surface area contributed by atoms with Crippen LogP contribution in [0, 0.1) is 11.3 Å². The van der Waals surface area contributed by atoms with Crippen LogP contribution >= 0.6 is 0 Å². The fourth-order valence-electron chi connectivity index (χ4n) is 2.99. The van der Waals surface area contributed by atoms with Crippen LogP contribution in [0.4, 0.5) is 0 Å². The fourth-order valence-corrected chi connectivity index (χ4v) is 2.99. The van der Waals surface area contributed by atoms with Crippen LogP contribution in [-0.2, 0) is 0 Å². The number of aliphatic hydroxyl groups is 1. The van der Waals surface area contributed by atoms with Crippen molar-refractivity contribution in [3.63, 3.8) is 0 Å². The highest BCUT2D eigenvalue weighted by Gasteiger charge is 2.41. The second kappa shape index (κ2) is 2.98. The van der Waals surface area contributed by atoms with Crippen molar-refractivity contribution in [2.24, 2.45) is 11.3 Å². The summed E-state index contributed by atoms with van der Waals surface area (Å²) in [4.78, 5) is 0. The second-order valence-corrected chi connectivity index (χ2v) is 4.71. The molecule has 0 amide bonds. The molecule has 0 bridgehead atoms. The molecule has 3 atom stereocenters. The lowest BCUT2D eigenvalue weighted by atomic mass is 9.62. The minimum absolute atomic E-state index is 0.125. The molecule has 2 aliphatic rings. The van der Waals surface area contributed by atoms with Crippen molar-refractivity contribution in [2.75, 3.05) is 0 Å². The van der Waals surface area contributed by atoms with E-state index in [1.165, 1.54) is 12.0 Å². The summed E-state index contributed by atoms with van der Waals surface area (Å²) in [5, 5.41) is 9.97. The highest BCUT2D eigenvalue weighted by Crippen LogP contribution is 2.47. The maximum Gasteiger partial charge on any atom is 0.0613 e. The Labute approximate surface area is 80.2 Å². The lowest BCUT2D eigenvalue weighted by Crippen LogP contribution is -2.40. The van der Waals surface area contributed by atoms with Gasteiger partial charge in [-0.05, 0) is 31.6 Å². The highest BCUT2D eigenvalue weighted by atomic mass is 16.3. The lowest BCUT2D eigenvalue weighted by Gasteiger charge is -2.44. The summed E-state index contributed by atoms with van der Waals surface area (Å²) in [6.07, 6.45) is 9.78. The molecule has 1 nitrogen and oxygen atoms in total. The van der Waals surface area contributed by atoms with E-state index in [9.17, 15) is 5.11 Å². The zero-order valence-electron chi connectivity index (χ0n) is 8.46. The normalized spacial score (nSPS) is 44.1. The molecule has 1 fully saturated rings. The zero-order valence-corrected chi connectivity index (χ0v) is 8.46. The zero-order chi connectivity index (χ0) is 9.47. The average molecular weight is 178 g/mol. The summed E-state index contributed by atoms with van der Waals surface area (Å²) < 4.78 is 0. The van der Waals surface area contributed by atoms with Gasteiger partial charge in [0.05, 0.1) is 6.10 Å². The third-order valence-electron chi connectivity index (χ3n) is 3.64. The van der Waals surface area contributed by atoms with Crippen LogP contribution in [0.2, 0.25) is 0 Å².